The van der Waals surface area contributed by atoms with E-state index in [1.807, 2.05) is 12.1 Å². The minimum absolute atomic E-state index is 0. The summed E-state index contributed by atoms with van der Waals surface area (Å²) >= 11 is 0. The highest BCUT2D eigenvalue weighted by atomic mass is 35.5. The predicted octanol–water partition coefficient (Wildman–Crippen LogP) is 2.08. The maximum Gasteiger partial charge on any atom is 0.240 e. The summed E-state index contributed by atoms with van der Waals surface area (Å²) in [6, 6.07) is 9.86. The third kappa shape index (κ3) is 3.60. The lowest BCUT2D eigenvalue weighted by Gasteiger charge is -2.23. The maximum atomic E-state index is 12.6. The van der Waals surface area contributed by atoms with Crippen molar-refractivity contribution >= 4 is 18.3 Å². The minimum Gasteiger partial charge on any atom is -0.497 e. The van der Waals surface area contributed by atoms with Crippen molar-refractivity contribution in [1.82, 2.24) is 10.2 Å². The summed E-state index contributed by atoms with van der Waals surface area (Å²) in [5.74, 6) is 1.26. The Balaban J connectivity index is 0.00000192. The van der Waals surface area contributed by atoms with Gasteiger partial charge in [0.2, 0.25) is 5.91 Å². The largest absolute Gasteiger partial charge is 0.497 e. The lowest BCUT2D eigenvalue weighted by Crippen LogP contribution is -2.45. The van der Waals surface area contributed by atoms with Gasteiger partial charge in [-0.25, -0.2) is 0 Å². The smallest absolute Gasteiger partial charge is 0.240 e. The highest BCUT2D eigenvalue weighted by Crippen LogP contribution is 2.29. The van der Waals surface area contributed by atoms with Gasteiger partial charge in [-0.2, -0.15) is 5.26 Å². The van der Waals surface area contributed by atoms with Crippen molar-refractivity contribution in [3.05, 3.63) is 29.8 Å². The van der Waals surface area contributed by atoms with Gasteiger partial charge < -0.3 is 15.0 Å². The number of halogens is 1. The van der Waals surface area contributed by atoms with E-state index in [1.54, 1.807) is 12.0 Å². The Labute approximate surface area is 143 Å². The van der Waals surface area contributed by atoms with Gasteiger partial charge in [-0.05, 0) is 42.9 Å². The van der Waals surface area contributed by atoms with Gasteiger partial charge in [0.15, 0.2) is 0 Å². The SMILES string of the molecule is COc1ccc([C@@H]2CN[C@H](C(=O)N3CCC[C@H]3C#N)C2)cc1.Cl. The van der Waals surface area contributed by atoms with E-state index in [4.69, 9.17) is 10.00 Å². The summed E-state index contributed by atoms with van der Waals surface area (Å²) in [6.07, 6.45) is 2.52. The lowest BCUT2D eigenvalue weighted by atomic mass is 9.96. The molecule has 1 N–H and O–H groups in total. The summed E-state index contributed by atoms with van der Waals surface area (Å²) in [7, 11) is 1.66. The summed E-state index contributed by atoms with van der Waals surface area (Å²) < 4.78 is 5.18. The first-order chi connectivity index (χ1) is 10.7. The Morgan fingerprint density at radius 1 is 1.39 bits per heavy atom. The second kappa shape index (κ2) is 7.67. The van der Waals surface area contributed by atoms with E-state index in [9.17, 15) is 4.79 Å². The topological polar surface area (TPSA) is 65.4 Å². The fourth-order valence-electron chi connectivity index (χ4n) is 3.42. The van der Waals surface area contributed by atoms with Crippen LogP contribution in [0.15, 0.2) is 24.3 Å². The van der Waals surface area contributed by atoms with Gasteiger partial charge in [0.05, 0.1) is 19.2 Å². The van der Waals surface area contributed by atoms with E-state index >= 15 is 0 Å². The molecule has 0 saturated carbocycles. The molecular weight excluding hydrogens is 314 g/mol. The normalized spacial score (nSPS) is 26.4. The molecule has 2 saturated heterocycles. The van der Waals surface area contributed by atoms with Crippen LogP contribution in [0.1, 0.15) is 30.7 Å². The molecule has 0 radical (unpaired) electrons. The van der Waals surface area contributed by atoms with E-state index < -0.39 is 0 Å². The number of methoxy groups -OCH3 is 1. The molecule has 0 aromatic heterocycles. The van der Waals surface area contributed by atoms with Crippen LogP contribution in [0.3, 0.4) is 0 Å². The number of amides is 1. The molecule has 1 aromatic carbocycles. The molecule has 3 atom stereocenters. The van der Waals surface area contributed by atoms with Gasteiger partial charge in [0.25, 0.3) is 0 Å². The van der Waals surface area contributed by atoms with Gasteiger partial charge in [-0.1, -0.05) is 12.1 Å². The Kier molecular flexibility index (Phi) is 5.86. The fourth-order valence-corrected chi connectivity index (χ4v) is 3.42. The van der Waals surface area contributed by atoms with Gasteiger partial charge >= 0.3 is 0 Å². The lowest BCUT2D eigenvalue weighted by molar-refractivity contribution is -0.133. The summed E-state index contributed by atoms with van der Waals surface area (Å²) in [4.78, 5) is 14.3. The molecule has 2 aliphatic rings. The summed E-state index contributed by atoms with van der Waals surface area (Å²) in [6.45, 7) is 1.51. The third-order valence-corrected chi connectivity index (χ3v) is 4.70. The molecule has 0 unspecified atom stereocenters. The van der Waals surface area contributed by atoms with Crippen LogP contribution in [0.5, 0.6) is 5.75 Å². The summed E-state index contributed by atoms with van der Waals surface area (Å²) in [5.41, 5.74) is 1.22. The minimum atomic E-state index is -0.241. The van der Waals surface area contributed by atoms with E-state index in [0.717, 1.165) is 31.6 Å². The first-order valence-electron chi connectivity index (χ1n) is 7.80. The molecule has 0 bridgehead atoms. The number of likely N-dealkylation sites (tertiary alicyclic amines) is 1. The average Bonchev–Trinajstić information content (AvgIpc) is 3.23. The van der Waals surface area contributed by atoms with Gasteiger partial charge in [0.1, 0.15) is 11.8 Å². The number of ether oxygens (including phenoxy) is 1. The van der Waals surface area contributed by atoms with E-state index in [0.29, 0.717) is 12.5 Å². The van der Waals surface area contributed by atoms with Crippen molar-refractivity contribution in [2.45, 2.75) is 37.3 Å². The quantitative estimate of drug-likeness (QED) is 0.918. The molecule has 5 nitrogen and oxygen atoms in total. The van der Waals surface area contributed by atoms with Crippen LogP contribution in [0.25, 0.3) is 0 Å². The number of nitriles is 1. The fraction of sp³-hybridized carbons (Fsp3) is 0.529. The Bertz CT molecular complexity index is 584. The molecule has 6 heteroatoms. The molecule has 0 aliphatic carbocycles. The highest BCUT2D eigenvalue weighted by Gasteiger charge is 2.37. The second-order valence-corrected chi connectivity index (χ2v) is 5.99. The first kappa shape index (κ1) is 17.6. The van der Waals surface area contributed by atoms with Crippen LogP contribution in [0.2, 0.25) is 0 Å². The maximum absolute atomic E-state index is 12.6. The van der Waals surface area contributed by atoms with Crippen molar-refractivity contribution in [3.8, 4) is 11.8 Å². The van der Waals surface area contributed by atoms with E-state index in [1.165, 1.54) is 5.56 Å². The predicted molar refractivity (Wildman–Crippen MR) is 89.7 cm³/mol. The molecule has 0 spiro atoms. The monoisotopic (exact) mass is 335 g/mol. The van der Waals surface area contributed by atoms with Crippen molar-refractivity contribution in [2.75, 3.05) is 20.2 Å². The Morgan fingerprint density at radius 2 is 2.13 bits per heavy atom. The molecule has 2 fully saturated rings. The van der Waals surface area contributed by atoms with Crippen LogP contribution in [-0.4, -0.2) is 43.1 Å². The van der Waals surface area contributed by atoms with Crippen LogP contribution in [-0.2, 0) is 4.79 Å². The van der Waals surface area contributed by atoms with E-state index in [-0.39, 0.29) is 30.4 Å². The average molecular weight is 336 g/mol. The first-order valence-corrected chi connectivity index (χ1v) is 7.80. The zero-order chi connectivity index (χ0) is 15.5. The molecule has 124 valence electrons. The highest BCUT2D eigenvalue weighted by molar-refractivity contribution is 5.85. The number of hydrogen-bond donors (Lipinski definition) is 1. The van der Waals surface area contributed by atoms with Crippen molar-refractivity contribution in [1.29, 1.82) is 5.26 Å². The summed E-state index contributed by atoms with van der Waals surface area (Å²) in [5, 5.41) is 12.5. The molecule has 2 heterocycles. The van der Waals surface area contributed by atoms with Crippen LogP contribution in [0.4, 0.5) is 0 Å². The number of nitrogens with zero attached hydrogens (tertiary/aromatic N) is 2. The molecule has 1 aromatic rings. The standard InChI is InChI=1S/C17H21N3O2.ClH/c1-22-15-6-4-12(5-7-15)13-9-16(19-11-13)17(21)20-8-2-3-14(20)10-18;/h4-7,13-14,16,19H,2-3,8-9,11H2,1H3;1H/t13-,14-,16-;/m0./s1. The van der Waals surface area contributed by atoms with E-state index in [2.05, 4.69) is 23.5 Å². The Morgan fingerprint density at radius 3 is 2.78 bits per heavy atom. The molecule has 3 rings (SSSR count). The van der Waals surface area contributed by atoms with Crippen molar-refractivity contribution < 1.29 is 9.53 Å². The molecule has 2 aliphatic heterocycles. The zero-order valence-corrected chi connectivity index (χ0v) is 14.0. The molecule has 23 heavy (non-hydrogen) atoms. The molecular formula is C17H22ClN3O2. The number of benzene rings is 1. The van der Waals surface area contributed by atoms with Crippen LogP contribution < -0.4 is 10.1 Å². The molecule has 1 amide bonds. The third-order valence-electron chi connectivity index (χ3n) is 4.70. The van der Waals surface area contributed by atoms with Crippen LogP contribution >= 0.6 is 12.4 Å². The Hall–Kier alpha value is -1.77. The zero-order valence-electron chi connectivity index (χ0n) is 13.2. The van der Waals surface area contributed by atoms with Gasteiger partial charge in [-0.3, -0.25) is 4.79 Å². The number of rotatable bonds is 3. The number of nitrogens with one attached hydrogen (secondary N) is 1. The second-order valence-electron chi connectivity index (χ2n) is 5.99. The number of carbonyl (C=O) groups excluding carboxylic acids is 1. The van der Waals surface area contributed by atoms with Crippen LogP contribution in [0, 0.1) is 11.3 Å². The van der Waals surface area contributed by atoms with Gasteiger partial charge in [-0.15, -0.1) is 12.4 Å². The number of hydrogen-bond acceptors (Lipinski definition) is 4. The van der Waals surface area contributed by atoms with Crippen molar-refractivity contribution in [3.63, 3.8) is 0 Å². The van der Waals surface area contributed by atoms with Gasteiger partial charge in [0, 0.05) is 13.1 Å². The van der Waals surface area contributed by atoms with Crippen molar-refractivity contribution in [2.24, 2.45) is 0 Å². The number of carbonyl (C=O) groups is 1.